The molecular weight excluding hydrogens is 316 g/mol. The van der Waals surface area contributed by atoms with E-state index in [1.165, 1.54) is 0 Å². The van der Waals surface area contributed by atoms with Crippen molar-refractivity contribution in [3.05, 3.63) is 24.3 Å². The number of amides is 2. The molecule has 0 aliphatic carbocycles. The lowest BCUT2D eigenvalue weighted by Crippen LogP contribution is -2.39. The molecule has 8 nitrogen and oxygen atoms in total. The minimum Gasteiger partial charge on any atom is -0.434 e. The average Bonchev–Trinajstić information content (AvgIpc) is 2.57. The van der Waals surface area contributed by atoms with Crippen LogP contribution in [0.5, 0.6) is 5.75 Å². The summed E-state index contributed by atoms with van der Waals surface area (Å²) >= 11 is 0. The molecule has 1 rings (SSSR count). The number of ether oxygens (including phenoxy) is 4. The number of carbonyl (C=O) groups excluding carboxylic acids is 2. The highest BCUT2D eigenvalue weighted by Crippen LogP contribution is 2.16. The summed E-state index contributed by atoms with van der Waals surface area (Å²) in [6, 6.07) is 6.15. The predicted molar refractivity (Wildman–Crippen MR) is 88.4 cm³/mol. The van der Waals surface area contributed by atoms with E-state index in [4.69, 9.17) is 14.2 Å². The molecule has 8 heteroatoms. The maximum absolute atomic E-state index is 12.3. The largest absolute Gasteiger partial charge is 0.513 e. The highest BCUT2D eigenvalue weighted by Gasteiger charge is 2.13. The zero-order valence-electron chi connectivity index (χ0n) is 14.2. The number of nitrogens with zero attached hydrogens (tertiary/aromatic N) is 1. The van der Waals surface area contributed by atoms with Crippen LogP contribution in [-0.4, -0.2) is 64.2 Å². The molecule has 0 saturated carbocycles. The number of benzene rings is 1. The molecule has 0 unspecified atom stereocenters. The maximum atomic E-state index is 12.3. The van der Waals surface area contributed by atoms with Crippen LogP contribution in [0.15, 0.2) is 24.3 Å². The van der Waals surface area contributed by atoms with E-state index in [0.717, 1.165) is 0 Å². The summed E-state index contributed by atoms with van der Waals surface area (Å²) < 4.78 is 19.6. The van der Waals surface area contributed by atoms with Gasteiger partial charge in [-0.1, -0.05) is 0 Å². The zero-order valence-corrected chi connectivity index (χ0v) is 14.2. The van der Waals surface area contributed by atoms with Crippen molar-refractivity contribution in [1.29, 1.82) is 0 Å². The van der Waals surface area contributed by atoms with Crippen LogP contribution in [0.4, 0.5) is 15.3 Å². The van der Waals surface area contributed by atoms with Gasteiger partial charge in [0, 0.05) is 33.0 Å². The number of methoxy groups -OCH3 is 2. The summed E-state index contributed by atoms with van der Waals surface area (Å²) in [5, 5.41) is 2.77. The summed E-state index contributed by atoms with van der Waals surface area (Å²) in [4.78, 5) is 25.1. The Morgan fingerprint density at radius 2 is 1.62 bits per heavy atom. The Hall–Kier alpha value is -2.32. The summed E-state index contributed by atoms with van der Waals surface area (Å²) in [7, 11) is 3.16. The molecule has 2 amide bonds. The molecule has 0 radical (unpaired) electrons. The molecule has 0 aliphatic heterocycles. The Labute approximate surface area is 141 Å². The molecular formula is C16H24N2O6. The van der Waals surface area contributed by atoms with E-state index in [9.17, 15) is 9.59 Å². The Morgan fingerprint density at radius 1 is 1.04 bits per heavy atom. The third-order valence-electron chi connectivity index (χ3n) is 2.99. The van der Waals surface area contributed by atoms with E-state index in [2.05, 4.69) is 10.1 Å². The van der Waals surface area contributed by atoms with Crippen molar-refractivity contribution >= 4 is 17.9 Å². The molecule has 0 saturated heterocycles. The Kier molecular flexibility index (Phi) is 9.25. The second-order valence-electron chi connectivity index (χ2n) is 4.71. The number of nitrogens with one attached hydrogen (secondary N) is 1. The van der Waals surface area contributed by atoms with Gasteiger partial charge >= 0.3 is 12.2 Å². The SMILES string of the molecule is CCOC(=O)Oc1ccc(NC(=O)N(CCOC)CCOC)cc1. The number of urea groups is 1. The van der Waals surface area contributed by atoms with Gasteiger partial charge in [0.25, 0.3) is 0 Å². The van der Waals surface area contributed by atoms with Gasteiger partial charge in [-0.15, -0.1) is 0 Å². The molecule has 0 aromatic heterocycles. The first kappa shape index (κ1) is 19.7. The molecule has 1 N–H and O–H groups in total. The molecule has 24 heavy (non-hydrogen) atoms. The van der Waals surface area contributed by atoms with Crippen molar-refractivity contribution in [3.8, 4) is 5.75 Å². The quantitative estimate of drug-likeness (QED) is 0.548. The highest BCUT2D eigenvalue weighted by molar-refractivity contribution is 5.89. The zero-order chi connectivity index (χ0) is 17.8. The molecule has 0 heterocycles. The first-order valence-corrected chi connectivity index (χ1v) is 7.59. The molecule has 0 aliphatic rings. The van der Waals surface area contributed by atoms with Crippen LogP contribution >= 0.6 is 0 Å². The van der Waals surface area contributed by atoms with Crippen LogP contribution in [0.1, 0.15) is 6.92 Å². The Balaban J connectivity index is 2.59. The summed E-state index contributed by atoms with van der Waals surface area (Å²) in [5.41, 5.74) is 0.580. The topological polar surface area (TPSA) is 86.3 Å². The predicted octanol–water partition coefficient (Wildman–Crippen LogP) is 2.35. The van der Waals surface area contributed by atoms with Gasteiger partial charge in [-0.05, 0) is 31.2 Å². The number of anilines is 1. The van der Waals surface area contributed by atoms with Gasteiger partial charge < -0.3 is 29.2 Å². The molecule has 1 aromatic carbocycles. The molecule has 134 valence electrons. The van der Waals surface area contributed by atoms with Crippen molar-refractivity contribution in [1.82, 2.24) is 4.90 Å². The lowest BCUT2D eigenvalue weighted by molar-refractivity contribution is 0.104. The van der Waals surface area contributed by atoms with Gasteiger partial charge in [0.1, 0.15) is 5.75 Å². The summed E-state index contributed by atoms with van der Waals surface area (Å²) in [6.07, 6.45) is -0.764. The highest BCUT2D eigenvalue weighted by atomic mass is 16.7. The van der Waals surface area contributed by atoms with E-state index in [-0.39, 0.29) is 12.6 Å². The second kappa shape index (κ2) is 11.3. The van der Waals surface area contributed by atoms with Crippen LogP contribution in [0.3, 0.4) is 0 Å². The van der Waals surface area contributed by atoms with Crippen LogP contribution in [0.2, 0.25) is 0 Å². The van der Waals surface area contributed by atoms with E-state index < -0.39 is 6.16 Å². The molecule has 0 spiro atoms. The fourth-order valence-corrected chi connectivity index (χ4v) is 1.77. The first-order chi connectivity index (χ1) is 11.6. The first-order valence-electron chi connectivity index (χ1n) is 7.59. The van der Waals surface area contributed by atoms with Crippen molar-refractivity contribution in [2.24, 2.45) is 0 Å². The second-order valence-corrected chi connectivity index (χ2v) is 4.71. The van der Waals surface area contributed by atoms with Crippen LogP contribution < -0.4 is 10.1 Å². The van der Waals surface area contributed by atoms with E-state index in [0.29, 0.717) is 37.7 Å². The van der Waals surface area contributed by atoms with Crippen LogP contribution in [0.25, 0.3) is 0 Å². The van der Waals surface area contributed by atoms with E-state index >= 15 is 0 Å². The summed E-state index contributed by atoms with van der Waals surface area (Å²) in [5.74, 6) is 0.335. The molecule has 0 fully saturated rings. The van der Waals surface area contributed by atoms with Crippen molar-refractivity contribution in [3.63, 3.8) is 0 Å². The van der Waals surface area contributed by atoms with Crippen LogP contribution in [-0.2, 0) is 14.2 Å². The third-order valence-corrected chi connectivity index (χ3v) is 2.99. The number of carbonyl (C=O) groups is 2. The van der Waals surface area contributed by atoms with Crippen molar-refractivity contribution < 1.29 is 28.5 Å². The van der Waals surface area contributed by atoms with Crippen molar-refractivity contribution in [2.75, 3.05) is 52.4 Å². The molecule has 0 bridgehead atoms. The number of rotatable bonds is 9. The van der Waals surface area contributed by atoms with Crippen molar-refractivity contribution in [2.45, 2.75) is 6.92 Å². The number of hydrogen-bond acceptors (Lipinski definition) is 6. The normalized spacial score (nSPS) is 10.1. The fraction of sp³-hybridized carbons (Fsp3) is 0.500. The van der Waals surface area contributed by atoms with Gasteiger partial charge in [0.15, 0.2) is 0 Å². The van der Waals surface area contributed by atoms with Gasteiger partial charge in [0.2, 0.25) is 0 Å². The van der Waals surface area contributed by atoms with E-state index in [1.807, 2.05) is 0 Å². The summed E-state index contributed by atoms with van der Waals surface area (Å²) in [6.45, 7) is 3.71. The van der Waals surface area contributed by atoms with Gasteiger partial charge in [-0.2, -0.15) is 0 Å². The van der Waals surface area contributed by atoms with E-state index in [1.54, 1.807) is 50.3 Å². The minimum absolute atomic E-state index is 0.242. The van der Waals surface area contributed by atoms with Gasteiger partial charge in [0.05, 0.1) is 19.8 Å². The molecule has 1 aromatic rings. The Morgan fingerprint density at radius 3 is 2.12 bits per heavy atom. The van der Waals surface area contributed by atoms with Gasteiger partial charge in [-0.3, -0.25) is 0 Å². The van der Waals surface area contributed by atoms with Gasteiger partial charge in [-0.25, -0.2) is 9.59 Å². The maximum Gasteiger partial charge on any atom is 0.513 e. The standard InChI is InChI=1S/C16H24N2O6/c1-4-23-16(20)24-14-7-5-13(6-8-14)17-15(19)18(9-11-21-2)10-12-22-3/h5-8H,4,9-12H2,1-3H3,(H,17,19). The number of hydrogen-bond donors (Lipinski definition) is 1. The monoisotopic (exact) mass is 340 g/mol. The minimum atomic E-state index is -0.764. The molecule has 0 atom stereocenters. The third kappa shape index (κ3) is 7.30. The van der Waals surface area contributed by atoms with Crippen LogP contribution in [0, 0.1) is 0 Å². The fourth-order valence-electron chi connectivity index (χ4n) is 1.77. The average molecular weight is 340 g/mol. The Bertz CT molecular complexity index is 498. The smallest absolute Gasteiger partial charge is 0.434 e. The lowest BCUT2D eigenvalue weighted by Gasteiger charge is -2.22. The lowest BCUT2D eigenvalue weighted by atomic mass is 10.3.